The van der Waals surface area contributed by atoms with Gasteiger partial charge in [-0.05, 0) is 57.4 Å². The van der Waals surface area contributed by atoms with Crippen LogP contribution in [0, 0.1) is 0 Å². The van der Waals surface area contributed by atoms with E-state index in [0.29, 0.717) is 0 Å². The lowest BCUT2D eigenvalue weighted by molar-refractivity contribution is 1.23. The van der Waals surface area contributed by atoms with Crippen LogP contribution in [-0.4, -0.2) is 0 Å². The SMILES string of the molecule is C=CC/C=C(C)/C(C)=C(\C)C=C=CC. The first-order valence-corrected chi connectivity index (χ1v) is 4.96. The molecule has 0 aliphatic carbocycles. The largest absolute Gasteiger partial charge is 0.125 e. The third-order valence-corrected chi connectivity index (χ3v) is 2.24. The summed E-state index contributed by atoms with van der Waals surface area (Å²) in [6.45, 7) is 12.0. The topological polar surface area (TPSA) is 0 Å². The first-order chi connectivity index (χ1) is 6.63. The van der Waals surface area contributed by atoms with Crippen LogP contribution in [0.2, 0.25) is 0 Å². The van der Waals surface area contributed by atoms with Gasteiger partial charge in [0.15, 0.2) is 0 Å². The highest BCUT2D eigenvalue weighted by Gasteiger charge is 1.95. The van der Waals surface area contributed by atoms with Gasteiger partial charge in [-0.2, -0.15) is 0 Å². The van der Waals surface area contributed by atoms with Gasteiger partial charge in [0.1, 0.15) is 0 Å². The van der Waals surface area contributed by atoms with Gasteiger partial charge in [-0.15, -0.1) is 12.3 Å². The van der Waals surface area contributed by atoms with Gasteiger partial charge in [0.05, 0.1) is 0 Å². The summed E-state index contributed by atoms with van der Waals surface area (Å²) in [7, 11) is 0. The summed E-state index contributed by atoms with van der Waals surface area (Å²) in [5.74, 6) is 0. The minimum atomic E-state index is 0.934. The molecule has 0 radical (unpaired) electrons. The molecule has 0 bridgehead atoms. The highest BCUT2D eigenvalue weighted by Crippen LogP contribution is 2.14. The van der Waals surface area contributed by atoms with E-state index in [2.05, 4.69) is 39.2 Å². The molecule has 0 nitrogen and oxygen atoms in total. The van der Waals surface area contributed by atoms with Crippen molar-refractivity contribution in [1.82, 2.24) is 0 Å². The van der Waals surface area contributed by atoms with E-state index in [9.17, 15) is 0 Å². The Bertz CT molecular complexity index is 305. The Kier molecular flexibility index (Phi) is 6.53. The second-order valence-corrected chi connectivity index (χ2v) is 3.32. The van der Waals surface area contributed by atoms with Gasteiger partial charge >= 0.3 is 0 Å². The Hall–Kier alpha value is -1.26. The summed E-state index contributed by atoms with van der Waals surface area (Å²) in [4.78, 5) is 0. The molecule has 0 N–H and O–H groups in total. The van der Waals surface area contributed by atoms with E-state index in [-0.39, 0.29) is 0 Å². The lowest BCUT2D eigenvalue weighted by Gasteiger charge is -2.03. The summed E-state index contributed by atoms with van der Waals surface area (Å²) in [6, 6.07) is 0. The molecule has 0 aromatic rings. The van der Waals surface area contributed by atoms with Crippen LogP contribution < -0.4 is 0 Å². The summed E-state index contributed by atoms with van der Waals surface area (Å²) >= 11 is 0. The van der Waals surface area contributed by atoms with Crippen molar-refractivity contribution in [3.63, 3.8) is 0 Å². The summed E-state index contributed by atoms with van der Waals surface area (Å²) in [5.41, 5.74) is 6.99. The van der Waals surface area contributed by atoms with Gasteiger partial charge in [0.25, 0.3) is 0 Å². The van der Waals surface area contributed by atoms with Gasteiger partial charge in [-0.3, -0.25) is 0 Å². The van der Waals surface area contributed by atoms with E-state index in [1.54, 1.807) is 0 Å². The highest BCUT2D eigenvalue weighted by atomic mass is 14.0. The van der Waals surface area contributed by atoms with Gasteiger partial charge < -0.3 is 0 Å². The van der Waals surface area contributed by atoms with Crippen LogP contribution in [-0.2, 0) is 0 Å². The minimum absolute atomic E-state index is 0.934. The number of hydrogen-bond donors (Lipinski definition) is 0. The van der Waals surface area contributed by atoms with Crippen molar-refractivity contribution >= 4 is 0 Å². The normalized spacial score (nSPS) is 12.7. The van der Waals surface area contributed by atoms with E-state index in [4.69, 9.17) is 0 Å². The van der Waals surface area contributed by atoms with Crippen LogP contribution in [0.4, 0.5) is 0 Å². The molecule has 0 rings (SSSR count). The fourth-order valence-corrected chi connectivity index (χ4v) is 1.04. The van der Waals surface area contributed by atoms with Crippen molar-refractivity contribution < 1.29 is 0 Å². The Morgan fingerprint density at radius 3 is 2.43 bits per heavy atom. The molecular formula is C14H20. The highest BCUT2D eigenvalue weighted by molar-refractivity contribution is 5.36. The molecule has 0 aromatic heterocycles. The first kappa shape index (κ1) is 12.7. The molecule has 76 valence electrons. The van der Waals surface area contributed by atoms with E-state index < -0.39 is 0 Å². The van der Waals surface area contributed by atoms with Crippen LogP contribution in [0.3, 0.4) is 0 Å². The lowest BCUT2D eigenvalue weighted by Crippen LogP contribution is -1.83. The maximum Gasteiger partial charge on any atom is -0.0166 e. The predicted molar refractivity (Wildman–Crippen MR) is 65.3 cm³/mol. The van der Waals surface area contributed by atoms with Gasteiger partial charge in [-0.25, -0.2) is 0 Å². The van der Waals surface area contributed by atoms with Crippen LogP contribution in [0.15, 0.2) is 53.3 Å². The fraction of sp³-hybridized carbons (Fsp3) is 0.357. The lowest BCUT2D eigenvalue weighted by atomic mass is 10.0. The standard InChI is InChI=1S/C14H20/c1-6-8-10-12(3)14(5)13(4)11-9-7-2/h6-7,10-11H,1,8H2,2-5H3/b12-10+,14-13+. The molecule has 0 atom stereocenters. The van der Waals surface area contributed by atoms with Crippen molar-refractivity contribution in [2.24, 2.45) is 0 Å². The van der Waals surface area contributed by atoms with Gasteiger partial charge in [-0.1, -0.05) is 17.7 Å². The molecule has 0 spiro atoms. The van der Waals surface area contributed by atoms with Crippen LogP contribution in [0.1, 0.15) is 34.1 Å². The van der Waals surface area contributed by atoms with E-state index >= 15 is 0 Å². The molecule has 0 heterocycles. The maximum atomic E-state index is 3.70. The average molecular weight is 188 g/mol. The van der Waals surface area contributed by atoms with E-state index in [1.807, 2.05) is 25.2 Å². The molecule has 0 heteroatoms. The molecule has 0 aliphatic rings. The Balaban J connectivity index is 4.80. The average Bonchev–Trinajstić information content (AvgIpc) is 2.21. The molecule has 0 saturated carbocycles. The summed E-state index contributed by atoms with van der Waals surface area (Å²) < 4.78 is 0. The van der Waals surface area contributed by atoms with E-state index in [1.165, 1.54) is 16.7 Å². The van der Waals surface area contributed by atoms with Crippen molar-refractivity contribution in [3.05, 3.63) is 53.3 Å². The van der Waals surface area contributed by atoms with Crippen molar-refractivity contribution in [1.29, 1.82) is 0 Å². The summed E-state index contributed by atoms with van der Waals surface area (Å²) in [6.07, 6.45) is 8.97. The molecule has 0 aromatic carbocycles. The quantitative estimate of drug-likeness (QED) is 0.344. The number of hydrogen-bond acceptors (Lipinski definition) is 0. The minimum Gasteiger partial charge on any atom is -0.125 e. The Morgan fingerprint density at radius 1 is 1.29 bits per heavy atom. The molecule has 0 saturated heterocycles. The third kappa shape index (κ3) is 4.69. The number of allylic oxidation sites excluding steroid dienone is 6. The number of rotatable bonds is 4. The van der Waals surface area contributed by atoms with Crippen molar-refractivity contribution in [2.75, 3.05) is 0 Å². The molecular weight excluding hydrogens is 168 g/mol. The zero-order chi connectivity index (χ0) is 11.0. The van der Waals surface area contributed by atoms with Gasteiger partial charge in [0, 0.05) is 0 Å². The zero-order valence-corrected chi connectivity index (χ0v) is 9.72. The van der Waals surface area contributed by atoms with E-state index in [0.717, 1.165) is 6.42 Å². The molecule has 0 amide bonds. The second-order valence-electron chi connectivity index (χ2n) is 3.32. The van der Waals surface area contributed by atoms with Crippen molar-refractivity contribution in [3.8, 4) is 0 Å². The Morgan fingerprint density at radius 2 is 1.93 bits per heavy atom. The van der Waals surface area contributed by atoms with Crippen LogP contribution >= 0.6 is 0 Å². The third-order valence-electron chi connectivity index (χ3n) is 2.24. The zero-order valence-electron chi connectivity index (χ0n) is 9.72. The maximum absolute atomic E-state index is 3.70. The summed E-state index contributed by atoms with van der Waals surface area (Å²) in [5, 5.41) is 0. The molecule has 14 heavy (non-hydrogen) atoms. The molecule has 0 aliphatic heterocycles. The fourth-order valence-electron chi connectivity index (χ4n) is 1.04. The molecule has 0 fully saturated rings. The first-order valence-electron chi connectivity index (χ1n) is 4.96. The predicted octanol–water partition coefficient (Wildman–Crippen LogP) is 4.58. The van der Waals surface area contributed by atoms with Crippen LogP contribution in [0.25, 0.3) is 0 Å². The smallest absolute Gasteiger partial charge is 0.0166 e. The van der Waals surface area contributed by atoms with Crippen molar-refractivity contribution in [2.45, 2.75) is 34.1 Å². The molecule has 0 unspecified atom stereocenters. The van der Waals surface area contributed by atoms with Crippen LogP contribution in [0.5, 0.6) is 0 Å². The monoisotopic (exact) mass is 188 g/mol. The van der Waals surface area contributed by atoms with Gasteiger partial charge in [0.2, 0.25) is 0 Å². The Labute approximate surface area is 88.0 Å². The second kappa shape index (κ2) is 7.17.